The fraction of sp³-hybridized carbons (Fsp3) is 0.448. The van der Waals surface area contributed by atoms with Gasteiger partial charge in [0.1, 0.15) is 23.0 Å². The first-order valence-corrected chi connectivity index (χ1v) is 12.5. The Balaban J connectivity index is 2.30. The van der Waals surface area contributed by atoms with E-state index in [-0.39, 0.29) is 10.8 Å². The number of hydrogen-bond donors (Lipinski definition) is 0. The molecule has 0 saturated carbocycles. The van der Waals surface area contributed by atoms with Crippen LogP contribution in [0.4, 0.5) is 0 Å². The zero-order valence-electron chi connectivity index (χ0n) is 22.2. The molecule has 0 saturated heterocycles. The Kier molecular flexibility index (Phi) is 7.56. The first kappa shape index (κ1) is 26.0. The van der Waals surface area contributed by atoms with Gasteiger partial charge in [0, 0.05) is 31.7 Å². The van der Waals surface area contributed by atoms with Gasteiger partial charge in [0.15, 0.2) is 0 Å². The van der Waals surface area contributed by atoms with Crippen LogP contribution in [0.5, 0.6) is 23.0 Å². The van der Waals surface area contributed by atoms with Crippen LogP contribution in [0.25, 0.3) is 0 Å². The van der Waals surface area contributed by atoms with Crippen molar-refractivity contribution < 1.29 is 18.9 Å². The van der Waals surface area contributed by atoms with Gasteiger partial charge in [-0.25, -0.2) is 0 Å². The molecule has 0 aliphatic carbocycles. The van der Waals surface area contributed by atoms with Crippen LogP contribution in [0, 0.1) is 13.8 Å². The molecule has 2 aromatic carbocycles. The molecule has 34 heavy (non-hydrogen) atoms. The van der Waals surface area contributed by atoms with Gasteiger partial charge in [0.05, 0.1) is 28.4 Å². The van der Waals surface area contributed by atoms with Crippen LogP contribution in [0.15, 0.2) is 36.4 Å². The molecule has 0 radical (unpaired) electrons. The number of rotatable bonds is 9. The highest BCUT2D eigenvalue weighted by Gasteiger charge is 2.40. The van der Waals surface area contributed by atoms with Crippen LogP contribution < -0.4 is 18.9 Å². The molecule has 0 fully saturated rings. The molecular weight excluding hydrogens is 444 g/mol. The van der Waals surface area contributed by atoms with Crippen molar-refractivity contribution in [2.45, 2.75) is 58.8 Å². The molecule has 4 nitrogen and oxygen atoms in total. The van der Waals surface area contributed by atoms with E-state index in [1.807, 2.05) is 47.7 Å². The van der Waals surface area contributed by atoms with Crippen LogP contribution in [0.2, 0.25) is 0 Å². The normalized spacial score (nSPS) is 13.4. The average molecular weight is 483 g/mol. The molecule has 1 atom stereocenters. The molecule has 0 amide bonds. The third-order valence-electron chi connectivity index (χ3n) is 7.26. The van der Waals surface area contributed by atoms with E-state index in [0.29, 0.717) is 0 Å². The minimum atomic E-state index is -0.324. The molecule has 1 heterocycles. The van der Waals surface area contributed by atoms with E-state index in [0.717, 1.165) is 40.5 Å². The van der Waals surface area contributed by atoms with Gasteiger partial charge in [-0.1, -0.05) is 39.8 Å². The standard InChI is InChI=1S/C29H38O4S/c1-11-29(6,25-22(32-9)16-13-17-23(25)33-10)27-19(3)18(2)26(34-27)28(4,5)24-20(30-7)14-12-15-21(24)31-8/h12-17H,11H2,1-10H3. The molecule has 5 heteroatoms. The van der Waals surface area contributed by atoms with Crippen molar-refractivity contribution >= 4 is 11.3 Å². The molecule has 3 aromatic rings. The van der Waals surface area contributed by atoms with Crippen molar-refractivity contribution in [3.63, 3.8) is 0 Å². The summed E-state index contributed by atoms with van der Waals surface area (Å²) in [6, 6.07) is 12.0. The summed E-state index contributed by atoms with van der Waals surface area (Å²) in [4.78, 5) is 2.63. The second-order valence-corrected chi connectivity index (χ2v) is 10.4. The van der Waals surface area contributed by atoms with E-state index < -0.39 is 0 Å². The molecule has 1 aromatic heterocycles. The van der Waals surface area contributed by atoms with Crippen LogP contribution in [-0.2, 0) is 10.8 Å². The van der Waals surface area contributed by atoms with Crippen molar-refractivity contribution in [3.8, 4) is 23.0 Å². The topological polar surface area (TPSA) is 36.9 Å². The Labute approximate surface area is 208 Å². The van der Waals surface area contributed by atoms with E-state index in [1.54, 1.807) is 28.4 Å². The van der Waals surface area contributed by atoms with Gasteiger partial charge in [0.25, 0.3) is 0 Å². The SMILES string of the molecule is CCC(C)(c1sc(C(C)(C)c2c(OC)cccc2OC)c(C)c1C)c1c(OC)cccc1OC. The zero-order valence-corrected chi connectivity index (χ0v) is 23.0. The largest absolute Gasteiger partial charge is 0.496 e. The molecule has 184 valence electrons. The van der Waals surface area contributed by atoms with Gasteiger partial charge in [-0.3, -0.25) is 0 Å². The van der Waals surface area contributed by atoms with E-state index in [2.05, 4.69) is 41.5 Å². The second kappa shape index (κ2) is 9.91. The van der Waals surface area contributed by atoms with Gasteiger partial charge in [-0.05, 0) is 55.7 Å². The number of thiophene rings is 1. The number of methoxy groups -OCH3 is 4. The highest BCUT2D eigenvalue weighted by Crippen LogP contribution is 2.53. The summed E-state index contributed by atoms with van der Waals surface area (Å²) < 4.78 is 23.2. The lowest BCUT2D eigenvalue weighted by Gasteiger charge is -2.32. The van der Waals surface area contributed by atoms with Crippen molar-refractivity contribution in [1.82, 2.24) is 0 Å². The predicted octanol–water partition coefficient (Wildman–Crippen LogP) is 7.44. The van der Waals surface area contributed by atoms with Crippen molar-refractivity contribution in [2.24, 2.45) is 0 Å². The van der Waals surface area contributed by atoms with Gasteiger partial charge >= 0.3 is 0 Å². The lowest BCUT2D eigenvalue weighted by atomic mass is 9.75. The van der Waals surface area contributed by atoms with Crippen molar-refractivity contribution in [1.29, 1.82) is 0 Å². The lowest BCUT2D eigenvalue weighted by molar-refractivity contribution is 0.366. The average Bonchev–Trinajstić information content (AvgIpc) is 3.17. The van der Waals surface area contributed by atoms with Crippen LogP contribution in [-0.4, -0.2) is 28.4 Å². The van der Waals surface area contributed by atoms with E-state index in [4.69, 9.17) is 18.9 Å². The zero-order chi connectivity index (χ0) is 25.3. The predicted molar refractivity (Wildman–Crippen MR) is 142 cm³/mol. The number of ether oxygens (including phenoxy) is 4. The number of hydrogen-bond acceptors (Lipinski definition) is 5. The molecule has 0 bridgehead atoms. The summed E-state index contributed by atoms with van der Waals surface area (Å²) in [5.74, 6) is 3.37. The van der Waals surface area contributed by atoms with Gasteiger partial charge in [-0.15, -0.1) is 11.3 Å². The summed E-state index contributed by atoms with van der Waals surface area (Å²) in [5, 5.41) is 0. The maximum atomic E-state index is 5.82. The molecule has 0 aliphatic heterocycles. The fourth-order valence-electron chi connectivity index (χ4n) is 5.15. The molecule has 0 spiro atoms. The molecular formula is C29H38O4S. The monoisotopic (exact) mass is 482 g/mol. The number of benzene rings is 2. The quantitative estimate of drug-likeness (QED) is 0.317. The maximum Gasteiger partial charge on any atom is 0.126 e. The Morgan fingerprint density at radius 3 is 1.41 bits per heavy atom. The smallest absolute Gasteiger partial charge is 0.126 e. The van der Waals surface area contributed by atoms with Gasteiger partial charge < -0.3 is 18.9 Å². The summed E-state index contributed by atoms with van der Waals surface area (Å²) in [6.45, 7) is 13.5. The second-order valence-electron chi connectivity index (χ2n) is 9.40. The minimum Gasteiger partial charge on any atom is -0.496 e. The van der Waals surface area contributed by atoms with Crippen LogP contribution >= 0.6 is 11.3 Å². The third-order valence-corrected chi connectivity index (χ3v) is 9.24. The summed E-state index contributed by atoms with van der Waals surface area (Å²) in [7, 11) is 6.88. The Morgan fingerprint density at radius 2 is 1.03 bits per heavy atom. The molecule has 1 unspecified atom stereocenters. The van der Waals surface area contributed by atoms with Crippen LogP contribution in [0.1, 0.15) is 66.1 Å². The van der Waals surface area contributed by atoms with Crippen LogP contribution in [0.3, 0.4) is 0 Å². The molecule has 0 N–H and O–H groups in total. The third kappa shape index (κ3) is 4.04. The molecule has 3 rings (SSSR count). The minimum absolute atomic E-state index is 0.281. The summed E-state index contributed by atoms with van der Waals surface area (Å²) in [5.41, 5.74) is 4.15. The van der Waals surface area contributed by atoms with Crippen molar-refractivity contribution in [2.75, 3.05) is 28.4 Å². The Bertz CT molecular complexity index is 1120. The lowest BCUT2D eigenvalue weighted by Crippen LogP contribution is -2.24. The highest BCUT2D eigenvalue weighted by molar-refractivity contribution is 7.12. The molecule has 0 aliphatic rings. The van der Waals surface area contributed by atoms with Crippen molar-refractivity contribution in [3.05, 3.63) is 68.4 Å². The summed E-state index contributed by atoms with van der Waals surface area (Å²) >= 11 is 1.87. The maximum absolute atomic E-state index is 5.82. The Morgan fingerprint density at radius 1 is 0.647 bits per heavy atom. The first-order valence-electron chi connectivity index (χ1n) is 11.7. The fourth-order valence-corrected chi connectivity index (χ4v) is 6.79. The van der Waals surface area contributed by atoms with E-state index in [1.165, 1.54) is 20.9 Å². The van der Waals surface area contributed by atoms with Gasteiger partial charge in [-0.2, -0.15) is 0 Å². The first-order chi connectivity index (χ1) is 16.1. The van der Waals surface area contributed by atoms with E-state index in [9.17, 15) is 0 Å². The highest BCUT2D eigenvalue weighted by atomic mass is 32.1. The Hall–Kier alpha value is -2.66. The van der Waals surface area contributed by atoms with Gasteiger partial charge in [0.2, 0.25) is 0 Å². The summed E-state index contributed by atoms with van der Waals surface area (Å²) in [6.07, 6.45) is 0.905. The van der Waals surface area contributed by atoms with E-state index >= 15 is 0 Å².